The van der Waals surface area contributed by atoms with Crippen LogP contribution in [0, 0.1) is 12.8 Å². The van der Waals surface area contributed by atoms with Crippen molar-refractivity contribution in [2.75, 3.05) is 19.6 Å². The Morgan fingerprint density at radius 2 is 2.12 bits per heavy atom. The number of aryl methyl sites for hydroxylation is 1. The Morgan fingerprint density at radius 1 is 1.24 bits per heavy atom. The highest BCUT2D eigenvalue weighted by Gasteiger charge is 2.22. The Balaban J connectivity index is 1.41. The van der Waals surface area contributed by atoms with Gasteiger partial charge in [0.2, 0.25) is 0 Å². The van der Waals surface area contributed by atoms with Crippen molar-refractivity contribution in [1.29, 1.82) is 0 Å². The minimum atomic E-state index is 0.432. The molecule has 5 nitrogen and oxygen atoms in total. The fourth-order valence-electron chi connectivity index (χ4n) is 4.13. The minimum absolute atomic E-state index is 0.432. The van der Waals surface area contributed by atoms with Gasteiger partial charge in [0.1, 0.15) is 5.82 Å². The Morgan fingerprint density at radius 3 is 2.96 bits per heavy atom. The van der Waals surface area contributed by atoms with Gasteiger partial charge in [-0.15, -0.1) is 0 Å². The van der Waals surface area contributed by atoms with Crippen molar-refractivity contribution in [3.8, 4) is 0 Å². The maximum Gasteiger partial charge on any atom is 0.105 e. The zero-order chi connectivity index (χ0) is 17.2. The molecule has 1 saturated heterocycles. The molecule has 3 aromatic rings. The molecule has 4 rings (SSSR count). The van der Waals surface area contributed by atoms with Crippen LogP contribution in [0.15, 0.2) is 43.0 Å². The first kappa shape index (κ1) is 16.3. The standard InChI is InChI=1S/C20H27N5/c1-16(25-15-22-19-7-3-4-8-20(19)25)12-23-10-5-6-18(13-23)14-24-11-9-21-17(24)2/h3-4,7-9,11,15-16,18H,5-6,10,12-14H2,1-2H3/t16-,18-/m1/s1. The smallest absolute Gasteiger partial charge is 0.105 e. The van der Waals surface area contributed by atoms with Gasteiger partial charge in [-0.1, -0.05) is 12.1 Å². The van der Waals surface area contributed by atoms with Gasteiger partial charge in [0.05, 0.1) is 17.4 Å². The van der Waals surface area contributed by atoms with Gasteiger partial charge < -0.3 is 14.0 Å². The molecule has 2 aromatic heterocycles. The second-order valence-corrected chi connectivity index (χ2v) is 7.38. The van der Waals surface area contributed by atoms with Crippen LogP contribution in [0.1, 0.15) is 31.6 Å². The molecule has 0 bridgehead atoms. The van der Waals surface area contributed by atoms with E-state index in [1.165, 1.54) is 31.4 Å². The summed E-state index contributed by atoms with van der Waals surface area (Å²) in [6, 6.07) is 8.83. The van der Waals surface area contributed by atoms with E-state index in [1.54, 1.807) is 0 Å². The molecule has 132 valence electrons. The van der Waals surface area contributed by atoms with Crippen LogP contribution in [0.3, 0.4) is 0 Å². The number of nitrogens with zero attached hydrogens (tertiary/aromatic N) is 5. The zero-order valence-electron chi connectivity index (χ0n) is 15.2. The molecule has 0 radical (unpaired) electrons. The van der Waals surface area contributed by atoms with E-state index in [2.05, 4.69) is 68.3 Å². The van der Waals surface area contributed by atoms with E-state index >= 15 is 0 Å². The summed E-state index contributed by atoms with van der Waals surface area (Å²) < 4.78 is 4.61. The van der Waals surface area contributed by atoms with E-state index in [4.69, 9.17) is 0 Å². The molecular formula is C20H27N5. The predicted octanol–water partition coefficient (Wildman–Crippen LogP) is 3.51. The number of hydrogen-bond acceptors (Lipinski definition) is 3. The number of fused-ring (bicyclic) bond motifs is 1. The van der Waals surface area contributed by atoms with E-state index in [1.807, 2.05) is 12.5 Å². The first-order valence-electron chi connectivity index (χ1n) is 9.32. The third-order valence-corrected chi connectivity index (χ3v) is 5.46. The molecule has 1 aromatic carbocycles. The summed E-state index contributed by atoms with van der Waals surface area (Å²) in [6.45, 7) is 8.94. The molecule has 2 atom stereocenters. The van der Waals surface area contributed by atoms with Crippen molar-refractivity contribution in [3.63, 3.8) is 0 Å². The number of aromatic nitrogens is 4. The van der Waals surface area contributed by atoms with Crippen molar-refractivity contribution in [1.82, 2.24) is 24.0 Å². The van der Waals surface area contributed by atoms with Crippen LogP contribution in [0.25, 0.3) is 11.0 Å². The van der Waals surface area contributed by atoms with Crippen LogP contribution in [0.4, 0.5) is 0 Å². The normalized spacial score (nSPS) is 20.2. The average molecular weight is 337 g/mol. The van der Waals surface area contributed by atoms with Crippen molar-refractivity contribution < 1.29 is 0 Å². The summed E-state index contributed by atoms with van der Waals surface area (Å²) in [5.74, 6) is 1.84. The highest BCUT2D eigenvalue weighted by Crippen LogP contribution is 2.23. The molecule has 0 spiro atoms. The summed E-state index contributed by atoms with van der Waals surface area (Å²) in [6.07, 6.45) is 8.61. The summed E-state index contributed by atoms with van der Waals surface area (Å²) in [4.78, 5) is 11.5. The Hall–Kier alpha value is -2.14. The fourth-order valence-corrected chi connectivity index (χ4v) is 4.13. The number of piperidine rings is 1. The van der Waals surface area contributed by atoms with Gasteiger partial charge in [-0.25, -0.2) is 9.97 Å². The van der Waals surface area contributed by atoms with Crippen LogP contribution >= 0.6 is 0 Å². The number of likely N-dealkylation sites (tertiary alicyclic amines) is 1. The van der Waals surface area contributed by atoms with Crippen molar-refractivity contribution in [2.24, 2.45) is 5.92 Å². The summed E-state index contributed by atoms with van der Waals surface area (Å²) >= 11 is 0. The number of benzene rings is 1. The number of hydrogen-bond donors (Lipinski definition) is 0. The molecule has 1 aliphatic heterocycles. The third-order valence-electron chi connectivity index (χ3n) is 5.46. The largest absolute Gasteiger partial charge is 0.335 e. The van der Waals surface area contributed by atoms with E-state index in [0.29, 0.717) is 12.0 Å². The monoisotopic (exact) mass is 337 g/mol. The summed E-state index contributed by atoms with van der Waals surface area (Å²) in [5, 5.41) is 0. The van der Waals surface area contributed by atoms with Gasteiger partial charge in [-0.05, 0) is 51.3 Å². The van der Waals surface area contributed by atoms with Gasteiger partial charge in [-0.2, -0.15) is 0 Å². The van der Waals surface area contributed by atoms with E-state index < -0.39 is 0 Å². The van der Waals surface area contributed by atoms with Gasteiger partial charge in [-0.3, -0.25) is 0 Å². The van der Waals surface area contributed by atoms with E-state index in [0.717, 1.165) is 24.4 Å². The summed E-state index contributed by atoms with van der Waals surface area (Å²) in [5.41, 5.74) is 2.32. The van der Waals surface area contributed by atoms with Crippen molar-refractivity contribution in [2.45, 2.75) is 39.3 Å². The lowest BCUT2D eigenvalue weighted by Crippen LogP contribution is -2.39. The lowest BCUT2D eigenvalue weighted by atomic mass is 9.97. The molecule has 3 heterocycles. The highest BCUT2D eigenvalue weighted by molar-refractivity contribution is 5.75. The molecule has 0 saturated carbocycles. The molecule has 0 aliphatic carbocycles. The minimum Gasteiger partial charge on any atom is -0.335 e. The molecular weight excluding hydrogens is 310 g/mol. The van der Waals surface area contributed by atoms with Crippen LogP contribution in [0.5, 0.6) is 0 Å². The van der Waals surface area contributed by atoms with Gasteiger partial charge in [0.15, 0.2) is 0 Å². The third kappa shape index (κ3) is 3.47. The molecule has 5 heteroatoms. The van der Waals surface area contributed by atoms with Crippen LogP contribution in [0.2, 0.25) is 0 Å². The van der Waals surface area contributed by atoms with Crippen molar-refractivity contribution in [3.05, 3.63) is 48.8 Å². The van der Waals surface area contributed by atoms with Gasteiger partial charge in [0, 0.05) is 38.1 Å². The molecule has 0 N–H and O–H groups in total. The molecule has 25 heavy (non-hydrogen) atoms. The maximum atomic E-state index is 4.54. The SMILES string of the molecule is Cc1nccn1C[C@@H]1CCCN(C[C@@H](C)n2cnc3ccccc32)C1. The Bertz CT molecular complexity index is 833. The van der Waals surface area contributed by atoms with Crippen LogP contribution in [-0.4, -0.2) is 43.6 Å². The van der Waals surface area contributed by atoms with E-state index in [-0.39, 0.29) is 0 Å². The Kier molecular flexibility index (Phi) is 4.57. The van der Waals surface area contributed by atoms with Crippen LogP contribution in [-0.2, 0) is 6.54 Å². The Labute approximate surface area is 149 Å². The lowest BCUT2D eigenvalue weighted by molar-refractivity contribution is 0.146. The number of imidazole rings is 2. The fraction of sp³-hybridized carbons (Fsp3) is 0.500. The number of rotatable bonds is 5. The van der Waals surface area contributed by atoms with E-state index in [9.17, 15) is 0 Å². The van der Waals surface area contributed by atoms with Crippen molar-refractivity contribution >= 4 is 11.0 Å². The topological polar surface area (TPSA) is 38.9 Å². The maximum absolute atomic E-state index is 4.54. The molecule has 1 aliphatic rings. The van der Waals surface area contributed by atoms with Crippen LogP contribution < -0.4 is 0 Å². The number of para-hydroxylation sites is 2. The average Bonchev–Trinajstić information content (AvgIpc) is 3.22. The van der Waals surface area contributed by atoms with Gasteiger partial charge in [0.25, 0.3) is 0 Å². The first-order valence-corrected chi connectivity index (χ1v) is 9.32. The molecule has 1 fully saturated rings. The first-order chi connectivity index (χ1) is 12.2. The second kappa shape index (κ2) is 7.00. The molecule has 0 unspecified atom stereocenters. The second-order valence-electron chi connectivity index (χ2n) is 7.38. The highest BCUT2D eigenvalue weighted by atomic mass is 15.2. The van der Waals surface area contributed by atoms with Gasteiger partial charge >= 0.3 is 0 Å². The predicted molar refractivity (Wildman–Crippen MR) is 101 cm³/mol. The lowest BCUT2D eigenvalue weighted by Gasteiger charge is -2.35. The quantitative estimate of drug-likeness (QED) is 0.715. The summed E-state index contributed by atoms with van der Waals surface area (Å²) in [7, 11) is 0. The zero-order valence-corrected chi connectivity index (χ0v) is 15.2. The molecule has 0 amide bonds.